The number of nitrogens with one attached hydrogen (secondary N) is 1. The van der Waals surface area contributed by atoms with Crippen LogP contribution in [0, 0.1) is 13.8 Å². The van der Waals surface area contributed by atoms with Gasteiger partial charge in [-0.2, -0.15) is 0 Å². The van der Waals surface area contributed by atoms with Gasteiger partial charge in [-0.3, -0.25) is 4.79 Å². The molecule has 0 unspecified atom stereocenters. The molecule has 0 aliphatic carbocycles. The summed E-state index contributed by atoms with van der Waals surface area (Å²) in [5, 5.41) is 0. The maximum atomic E-state index is 12.2. The Bertz CT molecular complexity index is 619. The predicted molar refractivity (Wildman–Crippen MR) is 79.5 cm³/mol. The van der Waals surface area contributed by atoms with Gasteiger partial charge in [0.1, 0.15) is 0 Å². The van der Waals surface area contributed by atoms with Gasteiger partial charge in [-0.05, 0) is 44.7 Å². The maximum Gasteiger partial charge on any atom is 0.264 e. The lowest BCUT2D eigenvalue weighted by atomic mass is 10.1. The molecule has 0 radical (unpaired) electrons. The third-order valence-electron chi connectivity index (χ3n) is 3.59. The van der Waals surface area contributed by atoms with Gasteiger partial charge in [-0.25, -0.2) is 13.1 Å². The van der Waals surface area contributed by atoms with E-state index in [1.54, 1.807) is 19.1 Å². The highest BCUT2D eigenvalue weighted by Crippen LogP contribution is 2.18. The lowest BCUT2D eigenvalue weighted by Gasteiger charge is -2.11. The summed E-state index contributed by atoms with van der Waals surface area (Å²) in [5.74, 6) is -0.481. The highest BCUT2D eigenvalue weighted by Gasteiger charge is 2.21. The Balaban J connectivity index is 1.97. The van der Waals surface area contributed by atoms with Crippen LogP contribution in [0.3, 0.4) is 0 Å². The summed E-state index contributed by atoms with van der Waals surface area (Å²) in [6.07, 6.45) is 2.76. The highest BCUT2D eigenvalue weighted by atomic mass is 32.2. The number of ether oxygens (including phenoxy) is 1. The van der Waals surface area contributed by atoms with Crippen LogP contribution >= 0.6 is 0 Å². The molecule has 0 saturated carbocycles. The van der Waals surface area contributed by atoms with Crippen molar-refractivity contribution in [2.24, 2.45) is 0 Å². The Hall–Kier alpha value is -1.40. The Morgan fingerprint density at radius 1 is 1.38 bits per heavy atom. The number of amides is 1. The molecule has 1 fully saturated rings. The number of rotatable bonds is 5. The quantitative estimate of drug-likeness (QED) is 0.903. The van der Waals surface area contributed by atoms with E-state index in [1.807, 2.05) is 6.92 Å². The minimum atomic E-state index is -3.79. The minimum absolute atomic E-state index is 0.0829. The van der Waals surface area contributed by atoms with E-state index in [1.165, 1.54) is 6.07 Å². The molecule has 2 rings (SSSR count). The molecule has 0 spiro atoms. The van der Waals surface area contributed by atoms with E-state index in [0.29, 0.717) is 12.0 Å². The van der Waals surface area contributed by atoms with Crippen LogP contribution in [0.25, 0.3) is 0 Å². The molecule has 1 N–H and O–H groups in total. The van der Waals surface area contributed by atoms with Gasteiger partial charge in [0.05, 0.1) is 11.0 Å². The smallest absolute Gasteiger partial charge is 0.264 e. The van der Waals surface area contributed by atoms with Gasteiger partial charge in [0.15, 0.2) is 0 Å². The number of carbonyl (C=O) groups is 1. The van der Waals surface area contributed by atoms with Crippen molar-refractivity contribution in [3.63, 3.8) is 0 Å². The predicted octanol–water partition coefficient (Wildman–Crippen LogP) is 2.07. The molecule has 1 aromatic rings. The van der Waals surface area contributed by atoms with Crippen molar-refractivity contribution in [2.75, 3.05) is 6.61 Å². The van der Waals surface area contributed by atoms with E-state index in [-0.39, 0.29) is 17.4 Å². The summed E-state index contributed by atoms with van der Waals surface area (Å²) in [7, 11) is -3.79. The van der Waals surface area contributed by atoms with Gasteiger partial charge >= 0.3 is 0 Å². The second-order valence-corrected chi connectivity index (χ2v) is 7.12. The van der Waals surface area contributed by atoms with Crippen LogP contribution in [0.1, 0.15) is 36.8 Å². The number of aryl methyl sites for hydroxylation is 2. The van der Waals surface area contributed by atoms with Gasteiger partial charge in [0, 0.05) is 13.0 Å². The average molecular weight is 311 g/mol. The SMILES string of the molecule is Cc1ccc(S(=O)(=O)NC(=O)CC[C@H]2CCCO2)c(C)c1. The summed E-state index contributed by atoms with van der Waals surface area (Å²) in [6, 6.07) is 5.03. The standard InChI is InChI=1S/C15H21NO4S/c1-11-5-7-14(12(2)10-11)21(18,19)16-15(17)8-6-13-4-3-9-20-13/h5,7,10,13H,3-4,6,8-9H2,1-2H3,(H,16,17)/t13-/m1/s1. The van der Waals surface area contributed by atoms with Crippen molar-refractivity contribution in [2.45, 2.75) is 50.5 Å². The lowest BCUT2D eigenvalue weighted by Crippen LogP contribution is -2.31. The number of carbonyl (C=O) groups excluding carboxylic acids is 1. The zero-order valence-electron chi connectivity index (χ0n) is 12.4. The molecule has 1 heterocycles. The lowest BCUT2D eigenvalue weighted by molar-refractivity contribution is -0.119. The first-order valence-electron chi connectivity index (χ1n) is 7.13. The molecule has 1 aliphatic rings. The van der Waals surface area contributed by atoms with Crippen LogP contribution in [0.4, 0.5) is 0 Å². The fourth-order valence-electron chi connectivity index (χ4n) is 2.52. The third-order valence-corrected chi connectivity index (χ3v) is 5.12. The van der Waals surface area contributed by atoms with Crippen molar-refractivity contribution in [1.29, 1.82) is 0 Å². The second-order valence-electron chi connectivity index (χ2n) is 5.47. The van der Waals surface area contributed by atoms with Crippen LogP contribution in [0.5, 0.6) is 0 Å². The molecule has 1 atom stereocenters. The number of benzene rings is 1. The normalized spacial score (nSPS) is 18.7. The van der Waals surface area contributed by atoms with Crippen LogP contribution in [-0.2, 0) is 19.6 Å². The van der Waals surface area contributed by atoms with Gasteiger partial charge < -0.3 is 4.74 Å². The molecule has 1 aromatic carbocycles. The fraction of sp³-hybridized carbons (Fsp3) is 0.533. The van der Waals surface area contributed by atoms with Crippen molar-refractivity contribution in [3.05, 3.63) is 29.3 Å². The first-order valence-corrected chi connectivity index (χ1v) is 8.61. The Morgan fingerprint density at radius 3 is 2.76 bits per heavy atom. The van der Waals surface area contributed by atoms with Crippen LogP contribution < -0.4 is 4.72 Å². The van der Waals surface area contributed by atoms with E-state index in [2.05, 4.69) is 4.72 Å². The van der Waals surface area contributed by atoms with E-state index in [9.17, 15) is 13.2 Å². The Kier molecular flexibility index (Phi) is 5.00. The zero-order valence-corrected chi connectivity index (χ0v) is 13.2. The molecule has 21 heavy (non-hydrogen) atoms. The molecule has 116 valence electrons. The first-order chi connectivity index (χ1) is 9.88. The molecule has 1 aliphatic heterocycles. The molecule has 0 bridgehead atoms. The molecule has 6 heteroatoms. The minimum Gasteiger partial charge on any atom is -0.378 e. The zero-order chi connectivity index (χ0) is 15.5. The van der Waals surface area contributed by atoms with Gasteiger partial charge in [0.2, 0.25) is 5.91 Å². The number of sulfonamides is 1. The topological polar surface area (TPSA) is 72.5 Å². The summed E-state index contributed by atoms with van der Waals surface area (Å²) in [4.78, 5) is 12.0. The van der Waals surface area contributed by atoms with Gasteiger partial charge in [0.25, 0.3) is 10.0 Å². The Labute approximate surface area is 125 Å². The summed E-state index contributed by atoms with van der Waals surface area (Å²) < 4.78 is 32.0. The molecule has 1 saturated heterocycles. The van der Waals surface area contributed by atoms with E-state index < -0.39 is 15.9 Å². The van der Waals surface area contributed by atoms with Crippen molar-refractivity contribution in [1.82, 2.24) is 4.72 Å². The van der Waals surface area contributed by atoms with Gasteiger partial charge in [-0.1, -0.05) is 17.7 Å². The van der Waals surface area contributed by atoms with Crippen LogP contribution in [-0.4, -0.2) is 27.0 Å². The molecular weight excluding hydrogens is 290 g/mol. The highest BCUT2D eigenvalue weighted by molar-refractivity contribution is 7.90. The monoisotopic (exact) mass is 311 g/mol. The van der Waals surface area contributed by atoms with E-state index in [4.69, 9.17) is 4.74 Å². The summed E-state index contributed by atoms with van der Waals surface area (Å²) in [6.45, 7) is 4.34. The molecular formula is C15H21NO4S. The number of hydrogen-bond donors (Lipinski definition) is 1. The summed E-state index contributed by atoms with van der Waals surface area (Å²) in [5.41, 5.74) is 1.62. The Morgan fingerprint density at radius 2 is 2.14 bits per heavy atom. The van der Waals surface area contributed by atoms with E-state index >= 15 is 0 Å². The van der Waals surface area contributed by atoms with E-state index in [0.717, 1.165) is 25.0 Å². The summed E-state index contributed by atoms with van der Waals surface area (Å²) >= 11 is 0. The molecule has 5 nitrogen and oxygen atoms in total. The van der Waals surface area contributed by atoms with Crippen molar-refractivity contribution in [3.8, 4) is 0 Å². The maximum absolute atomic E-state index is 12.2. The largest absolute Gasteiger partial charge is 0.378 e. The molecule has 1 amide bonds. The molecule has 0 aromatic heterocycles. The first kappa shape index (κ1) is 16.0. The van der Waals surface area contributed by atoms with Crippen LogP contribution in [0.15, 0.2) is 23.1 Å². The second kappa shape index (κ2) is 6.58. The van der Waals surface area contributed by atoms with Crippen molar-refractivity contribution < 1.29 is 17.9 Å². The van der Waals surface area contributed by atoms with Crippen molar-refractivity contribution >= 4 is 15.9 Å². The fourth-order valence-corrected chi connectivity index (χ4v) is 3.76. The van der Waals surface area contributed by atoms with Gasteiger partial charge in [-0.15, -0.1) is 0 Å². The number of hydrogen-bond acceptors (Lipinski definition) is 4. The average Bonchev–Trinajstić information content (AvgIpc) is 2.88. The third kappa shape index (κ3) is 4.28. The van der Waals surface area contributed by atoms with Crippen LogP contribution in [0.2, 0.25) is 0 Å².